The summed E-state index contributed by atoms with van der Waals surface area (Å²) in [5.74, 6) is -0.432. The molecule has 0 aliphatic rings. The van der Waals surface area contributed by atoms with E-state index in [2.05, 4.69) is 10.6 Å². The summed E-state index contributed by atoms with van der Waals surface area (Å²) in [4.78, 5) is 38.4. The predicted molar refractivity (Wildman–Crippen MR) is 95.0 cm³/mol. The molecule has 0 saturated carbocycles. The van der Waals surface area contributed by atoms with Gasteiger partial charge in [0.15, 0.2) is 0 Å². The van der Waals surface area contributed by atoms with Gasteiger partial charge in [0.1, 0.15) is 0 Å². The largest absolute Gasteiger partial charge is 0.355 e. The Labute approximate surface area is 143 Å². The Balaban J connectivity index is 2.66. The van der Waals surface area contributed by atoms with Gasteiger partial charge in [0.2, 0.25) is 17.7 Å². The average molecular weight is 334 g/mol. The topological polar surface area (TPSA) is 81.8 Å². The molecule has 0 atom stereocenters. The molecule has 24 heavy (non-hydrogen) atoms. The lowest BCUT2D eigenvalue weighted by Gasteiger charge is -2.22. The number of anilines is 2. The fourth-order valence-corrected chi connectivity index (χ4v) is 2.14. The van der Waals surface area contributed by atoms with Crippen LogP contribution in [0.5, 0.6) is 0 Å². The number of nitrogens with one attached hydrogen (secondary N) is 2. The molecule has 0 radical (unpaired) electrons. The van der Waals surface area contributed by atoms with Gasteiger partial charge in [-0.15, -0.1) is 0 Å². The molecular weight excluding hydrogens is 308 g/mol. The van der Waals surface area contributed by atoms with Crippen molar-refractivity contribution in [2.24, 2.45) is 0 Å². The Morgan fingerprint density at radius 1 is 1.08 bits per heavy atom. The second kappa shape index (κ2) is 9.67. The molecule has 0 aromatic heterocycles. The first-order valence-corrected chi connectivity index (χ1v) is 7.86. The van der Waals surface area contributed by atoms with Gasteiger partial charge in [-0.3, -0.25) is 14.4 Å². The molecule has 3 amide bonds. The molecule has 7 nitrogen and oxygen atoms in total. The van der Waals surface area contributed by atoms with Crippen LogP contribution in [0.2, 0.25) is 0 Å². The quantitative estimate of drug-likeness (QED) is 0.745. The number of likely N-dealkylation sites (N-methyl/N-ethyl adjacent to an activating group) is 1. The predicted octanol–water partition coefficient (Wildman–Crippen LogP) is 1.07. The first kappa shape index (κ1) is 19.6. The zero-order valence-corrected chi connectivity index (χ0v) is 14.8. The van der Waals surface area contributed by atoms with Crippen LogP contribution in [0.1, 0.15) is 20.3 Å². The van der Waals surface area contributed by atoms with Crippen LogP contribution in [0.3, 0.4) is 0 Å². The normalized spacial score (nSPS) is 10.4. The monoisotopic (exact) mass is 334 g/mol. The number of benzene rings is 1. The Kier molecular flexibility index (Phi) is 7.91. The van der Waals surface area contributed by atoms with E-state index in [1.54, 1.807) is 24.3 Å². The van der Waals surface area contributed by atoms with E-state index in [0.29, 0.717) is 17.9 Å². The molecule has 0 saturated heterocycles. The summed E-state index contributed by atoms with van der Waals surface area (Å²) in [5, 5.41) is 5.50. The summed E-state index contributed by atoms with van der Waals surface area (Å²) >= 11 is 0. The first-order valence-electron chi connectivity index (χ1n) is 7.86. The molecule has 1 aromatic carbocycles. The van der Waals surface area contributed by atoms with Crippen molar-refractivity contribution in [2.75, 3.05) is 43.9 Å². The van der Waals surface area contributed by atoms with Crippen molar-refractivity contribution in [1.82, 2.24) is 10.2 Å². The van der Waals surface area contributed by atoms with Gasteiger partial charge in [-0.05, 0) is 32.3 Å². The fraction of sp³-hybridized carbons (Fsp3) is 0.471. The van der Waals surface area contributed by atoms with Gasteiger partial charge in [-0.2, -0.15) is 0 Å². The van der Waals surface area contributed by atoms with Gasteiger partial charge in [0.25, 0.3) is 0 Å². The minimum atomic E-state index is -0.179. The second-order valence-electron chi connectivity index (χ2n) is 5.81. The number of amides is 3. The Morgan fingerprint density at radius 3 is 2.38 bits per heavy atom. The van der Waals surface area contributed by atoms with Crippen LogP contribution in [0.4, 0.5) is 11.4 Å². The molecule has 0 heterocycles. The molecule has 1 aromatic rings. The van der Waals surface area contributed by atoms with E-state index in [4.69, 9.17) is 0 Å². The van der Waals surface area contributed by atoms with E-state index in [1.165, 1.54) is 18.7 Å². The van der Waals surface area contributed by atoms with E-state index in [0.717, 1.165) is 6.54 Å². The number of carbonyl (C=O) groups is 3. The zero-order chi connectivity index (χ0) is 18.1. The van der Waals surface area contributed by atoms with Crippen molar-refractivity contribution in [3.05, 3.63) is 24.3 Å². The summed E-state index contributed by atoms with van der Waals surface area (Å²) in [6, 6.07) is 6.99. The van der Waals surface area contributed by atoms with Crippen LogP contribution >= 0.6 is 0 Å². The minimum Gasteiger partial charge on any atom is -0.355 e. The van der Waals surface area contributed by atoms with Crippen molar-refractivity contribution >= 4 is 29.1 Å². The van der Waals surface area contributed by atoms with Gasteiger partial charge in [-0.25, -0.2) is 0 Å². The molecule has 1 rings (SSSR count). The van der Waals surface area contributed by atoms with Gasteiger partial charge in [0, 0.05) is 51.3 Å². The molecule has 0 aliphatic heterocycles. The molecule has 0 aliphatic carbocycles. The molecule has 0 spiro atoms. The Bertz CT molecular complexity index is 587. The lowest BCUT2D eigenvalue weighted by molar-refractivity contribution is -0.121. The highest BCUT2D eigenvalue weighted by molar-refractivity contribution is 5.94. The molecule has 0 bridgehead atoms. The third-order valence-corrected chi connectivity index (χ3v) is 3.30. The van der Waals surface area contributed by atoms with Gasteiger partial charge in [-0.1, -0.05) is 6.07 Å². The van der Waals surface area contributed by atoms with Crippen molar-refractivity contribution in [2.45, 2.75) is 20.3 Å². The summed E-state index contributed by atoms with van der Waals surface area (Å²) in [6.07, 6.45) is 0.220. The van der Waals surface area contributed by atoms with Crippen molar-refractivity contribution in [3.8, 4) is 0 Å². The van der Waals surface area contributed by atoms with Crippen LogP contribution in [0.15, 0.2) is 24.3 Å². The molecular formula is C17H26N4O3. The Hall–Kier alpha value is -2.41. The van der Waals surface area contributed by atoms with Crippen LogP contribution < -0.4 is 15.5 Å². The minimum absolute atomic E-state index is 0.0962. The van der Waals surface area contributed by atoms with Crippen LogP contribution in [-0.2, 0) is 14.4 Å². The highest BCUT2D eigenvalue weighted by atomic mass is 16.2. The van der Waals surface area contributed by atoms with E-state index >= 15 is 0 Å². The molecule has 132 valence electrons. The SMILES string of the molecule is CC(=O)Nc1cccc(N(CCC(=O)NCCN(C)C)C(C)=O)c1. The van der Waals surface area contributed by atoms with Gasteiger partial charge < -0.3 is 20.4 Å². The van der Waals surface area contributed by atoms with Crippen LogP contribution in [-0.4, -0.2) is 56.4 Å². The number of nitrogens with zero attached hydrogens (tertiary/aromatic N) is 2. The third kappa shape index (κ3) is 7.23. The van der Waals surface area contributed by atoms with E-state index < -0.39 is 0 Å². The maximum Gasteiger partial charge on any atom is 0.223 e. The molecule has 0 unspecified atom stereocenters. The average Bonchev–Trinajstić information content (AvgIpc) is 2.46. The summed E-state index contributed by atoms with van der Waals surface area (Å²) < 4.78 is 0. The Morgan fingerprint density at radius 2 is 1.79 bits per heavy atom. The highest BCUT2D eigenvalue weighted by Crippen LogP contribution is 2.20. The first-order chi connectivity index (χ1) is 11.3. The highest BCUT2D eigenvalue weighted by Gasteiger charge is 2.14. The van der Waals surface area contributed by atoms with E-state index in [-0.39, 0.29) is 30.7 Å². The summed E-state index contributed by atoms with van der Waals surface area (Å²) in [5.41, 5.74) is 1.26. The maximum atomic E-state index is 11.9. The number of rotatable bonds is 8. The van der Waals surface area contributed by atoms with Crippen LogP contribution in [0.25, 0.3) is 0 Å². The second-order valence-corrected chi connectivity index (χ2v) is 5.81. The molecule has 7 heteroatoms. The van der Waals surface area contributed by atoms with Crippen molar-refractivity contribution in [3.63, 3.8) is 0 Å². The summed E-state index contributed by atoms with van der Waals surface area (Å²) in [7, 11) is 3.87. The van der Waals surface area contributed by atoms with Crippen LogP contribution in [0, 0.1) is 0 Å². The van der Waals surface area contributed by atoms with Gasteiger partial charge in [0.05, 0.1) is 0 Å². The number of carbonyl (C=O) groups excluding carboxylic acids is 3. The van der Waals surface area contributed by atoms with Crippen molar-refractivity contribution in [1.29, 1.82) is 0 Å². The molecule has 0 fully saturated rings. The lowest BCUT2D eigenvalue weighted by atomic mass is 10.2. The van der Waals surface area contributed by atoms with E-state index in [1.807, 2.05) is 19.0 Å². The third-order valence-electron chi connectivity index (χ3n) is 3.30. The smallest absolute Gasteiger partial charge is 0.223 e. The lowest BCUT2D eigenvalue weighted by Crippen LogP contribution is -2.36. The summed E-state index contributed by atoms with van der Waals surface area (Å²) in [6.45, 7) is 4.50. The standard InChI is InChI=1S/C17H26N4O3/c1-13(22)19-15-6-5-7-16(12-15)21(14(2)23)10-8-17(24)18-9-11-20(3)4/h5-7,12H,8-11H2,1-4H3,(H,18,24)(H,19,22). The number of hydrogen-bond acceptors (Lipinski definition) is 4. The number of hydrogen-bond donors (Lipinski definition) is 2. The van der Waals surface area contributed by atoms with Gasteiger partial charge >= 0.3 is 0 Å². The van der Waals surface area contributed by atoms with E-state index in [9.17, 15) is 14.4 Å². The van der Waals surface area contributed by atoms with Crippen molar-refractivity contribution < 1.29 is 14.4 Å². The zero-order valence-electron chi connectivity index (χ0n) is 14.8. The molecule has 2 N–H and O–H groups in total. The fourth-order valence-electron chi connectivity index (χ4n) is 2.14. The maximum absolute atomic E-state index is 11.9.